The molecule has 0 aliphatic carbocycles. The number of unbranched alkanes of at least 4 members (excludes halogenated alkanes) is 9. The van der Waals surface area contributed by atoms with Crippen molar-refractivity contribution in [2.45, 2.75) is 77.6 Å². The second-order valence-electron chi connectivity index (χ2n) is 4.65. The normalized spacial score (nSPS) is 10.9. The van der Waals surface area contributed by atoms with Crippen LogP contribution in [0.1, 0.15) is 77.6 Å². The van der Waals surface area contributed by atoms with E-state index >= 15 is 0 Å². The summed E-state index contributed by atoms with van der Waals surface area (Å²) >= 11 is 2.16. The smallest absolute Gasteiger partial charge is 0.00675 e. The van der Waals surface area contributed by atoms with Gasteiger partial charge in [0, 0.05) is 0 Å². The molecule has 97 valence electrons. The van der Waals surface area contributed by atoms with Crippen molar-refractivity contribution in [1.82, 2.24) is 0 Å². The Morgan fingerprint density at radius 1 is 0.688 bits per heavy atom. The Kier molecular flexibility index (Phi) is 15.7. The Balaban J connectivity index is 2.83. The van der Waals surface area contributed by atoms with Gasteiger partial charge >= 0.3 is 0 Å². The zero-order valence-corrected chi connectivity index (χ0v) is 12.1. The summed E-state index contributed by atoms with van der Waals surface area (Å²) in [4.78, 5) is 0. The lowest BCUT2D eigenvalue weighted by molar-refractivity contribution is 0.638. The first-order valence-corrected chi connectivity index (χ1v) is 8.44. The van der Waals surface area contributed by atoms with Crippen LogP contribution in [0.4, 0.5) is 0 Å². The highest BCUT2D eigenvalue weighted by Gasteiger charge is 1.92. The Hall–Kier alpha value is 0.350. The molecule has 0 aliphatic rings. The number of hydrogen-bond donors (Lipinski definition) is 0. The molecule has 0 spiro atoms. The van der Waals surface area contributed by atoms with Crippen LogP contribution in [0, 0.1) is 6.92 Å². The van der Waals surface area contributed by atoms with Crippen LogP contribution in [0.25, 0.3) is 0 Å². The highest BCUT2D eigenvalue weighted by atomic mass is 32.2. The lowest BCUT2D eigenvalue weighted by Gasteiger charge is -2.02. The van der Waals surface area contributed by atoms with E-state index in [9.17, 15) is 0 Å². The summed E-state index contributed by atoms with van der Waals surface area (Å²) in [7, 11) is 0. The van der Waals surface area contributed by atoms with Crippen LogP contribution in [0.15, 0.2) is 0 Å². The van der Waals surface area contributed by atoms with E-state index in [1.807, 2.05) is 0 Å². The molecule has 0 saturated carbocycles. The van der Waals surface area contributed by atoms with E-state index in [0.717, 1.165) is 6.42 Å². The van der Waals surface area contributed by atoms with Gasteiger partial charge in [0.15, 0.2) is 0 Å². The van der Waals surface area contributed by atoms with E-state index in [2.05, 4.69) is 25.6 Å². The van der Waals surface area contributed by atoms with Gasteiger partial charge in [-0.15, -0.1) is 0 Å². The SMILES string of the molecule is [CH2]CCCCCCCSCCCCCCC. The third kappa shape index (κ3) is 14.4. The van der Waals surface area contributed by atoms with Gasteiger partial charge in [-0.1, -0.05) is 71.6 Å². The molecule has 0 rings (SSSR count). The fourth-order valence-electron chi connectivity index (χ4n) is 1.82. The van der Waals surface area contributed by atoms with Crippen LogP contribution >= 0.6 is 11.8 Å². The Labute approximate surface area is 108 Å². The van der Waals surface area contributed by atoms with Crippen molar-refractivity contribution >= 4 is 11.8 Å². The zero-order valence-electron chi connectivity index (χ0n) is 11.3. The van der Waals surface area contributed by atoms with Crippen molar-refractivity contribution in [2.24, 2.45) is 0 Å². The summed E-state index contributed by atoms with van der Waals surface area (Å²) in [6.07, 6.45) is 15.2. The molecule has 1 heteroatoms. The fraction of sp³-hybridized carbons (Fsp3) is 0.933. The first-order chi connectivity index (χ1) is 7.91. The molecule has 0 aromatic carbocycles. The number of hydrogen-bond acceptors (Lipinski definition) is 1. The maximum absolute atomic E-state index is 3.87. The fourth-order valence-corrected chi connectivity index (χ4v) is 2.84. The number of rotatable bonds is 13. The molecule has 0 amide bonds. The summed E-state index contributed by atoms with van der Waals surface area (Å²) in [5.74, 6) is 2.78. The van der Waals surface area contributed by atoms with E-state index in [4.69, 9.17) is 0 Å². The molecule has 16 heavy (non-hydrogen) atoms. The lowest BCUT2D eigenvalue weighted by atomic mass is 10.1. The summed E-state index contributed by atoms with van der Waals surface area (Å²) < 4.78 is 0. The highest BCUT2D eigenvalue weighted by Crippen LogP contribution is 2.12. The third-order valence-corrected chi connectivity index (χ3v) is 4.09. The molecular weight excluding hydrogens is 212 g/mol. The first kappa shape index (κ1) is 16.4. The summed E-state index contributed by atoms with van der Waals surface area (Å²) in [5.41, 5.74) is 0. The molecule has 0 aromatic rings. The van der Waals surface area contributed by atoms with Crippen LogP contribution in [0.3, 0.4) is 0 Å². The van der Waals surface area contributed by atoms with Gasteiger partial charge in [-0.05, 0) is 24.3 Å². The largest absolute Gasteiger partial charge is 0.162 e. The predicted molar refractivity (Wildman–Crippen MR) is 79.1 cm³/mol. The minimum absolute atomic E-state index is 1.12. The van der Waals surface area contributed by atoms with E-state index in [-0.39, 0.29) is 0 Å². The predicted octanol–water partition coefficient (Wildman–Crippen LogP) is 5.86. The number of thioether (sulfide) groups is 1. The molecule has 0 fully saturated rings. The molecule has 0 nitrogen and oxygen atoms in total. The maximum Gasteiger partial charge on any atom is -0.00675 e. The van der Waals surface area contributed by atoms with Gasteiger partial charge in [0.1, 0.15) is 0 Å². The molecule has 0 bridgehead atoms. The van der Waals surface area contributed by atoms with Crippen LogP contribution in [0.2, 0.25) is 0 Å². The van der Waals surface area contributed by atoms with Crippen molar-refractivity contribution in [3.05, 3.63) is 6.92 Å². The highest BCUT2D eigenvalue weighted by molar-refractivity contribution is 7.99. The summed E-state index contributed by atoms with van der Waals surface area (Å²) in [6, 6.07) is 0. The molecule has 0 aromatic heterocycles. The minimum atomic E-state index is 1.12. The average molecular weight is 243 g/mol. The van der Waals surface area contributed by atoms with Gasteiger partial charge in [0.2, 0.25) is 0 Å². The van der Waals surface area contributed by atoms with Gasteiger partial charge < -0.3 is 0 Å². The molecule has 0 unspecified atom stereocenters. The Bertz CT molecular complexity index is 98.0. The van der Waals surface area contributed by atoms with Crippen LogP contribution in [-0.4, -0.2) is 11.5 Å². The standard InChI is InChI=1S/C15H31S/c1-3-5-7-9-11-13-15-16-14-12-10-8-6-4-2/h1,3-15H2,2H3. The first-order valence-electron chi connectivity index (χ1n) is 7.28. The minimum Gasteiger partial charge on any atom is -0.162 e. The maximum atomic E-state index is 3.87. The quantitative estimate of drug-likeness (QED) is 0.365. The van der Waals surface area contributed by atoms with Gasteiger partial charge in [-0.3, -0.25) is 0 Å². The molecule has 0 heterocycles. The molecule has 0 aliphatic heterocycles. The summed E-state index contributed by atoms with van der Waals surface area (Å²) in [5, 5.41) is 0. The zero-order chi connectivity index (χ0) is 11.9. The molecule has 0 N–H and O–H groups in total. The van der Waals surface area contributed by atoms with Crippen molar-refractivity contribution in [3.63, 3.8) is 0 Å². The van der Waals surface area contributed by atoms with Gasteiger partial charge in [0.25, 0.3) is 0 Å². The van der Waals surface area contributed by atoms with Crippen molar-refractivity contribution in [2.75, 3.05) is 11.5 Å². The van der Waals surface area contributed by atoms with E-state index in [1.54, 1.807) is 0 Å². The monoisotopic (exact) mass is 243 g/mol. The molecule has 0 atom stereocenters. The van der Waals surface area contributed by atoms with Crippen molar-refractivity contribution in [3.8, 4) is 0 Å². The Morgan fingerprint density at radius 3 is 1.75 bits per heavy atom. The second-order valence-corrected chi connectivity index (χ2v) is 5.87. The van der Waals surface area contributed by atoms with Crippen molar-refractivity contribution < 1.29 is 0 Å². The molecule has 1 radical (unpaired) electrons. The van der Waals surface area contributed by atoms with E-state index in [0.29, 0.717) is 0 Å². The third-order valence-electron chi connectivity index (χ3n) is 2.93. The van der Waals surface area contributed by atoms with Gasteiger partial charge in [-0.2, -0.15) is 11.8 Å². The summed E-state index contributed by atoms with van der Waals surface area (Å²) in [6.45, 7) is 6.15. The molecule has 0 saturated heterocycles. The lowest BCUT2D eigenvalue weighted by Crippen LogP contribution is -1.86. The van der Waals surface area contributed by atoms with Gasteiger partial charge in [-0.25, -0.2) is 0 Å². The van der Waals surface area contributed by atoms with Gasteiger partial charge in [0.05, 0.1) is 0 Å². The van der Waals surface area contributed by atoms with E-state index in [1.165, 1.54) is 75.7 Å². The van der Waals surface area contributed by atoms with Crippen LogP contribution < -0.4 is 0 Å². The molecular formula is C15H31S. The van der Waals surface area contributed by atoms with E-state index < -0.39 is 0 Å². The van der Waals surface area contributed by atoms with Crippen molar-refractivity contribution in [1.29, 1.82) is 0 Å². The van der Waals surface area contributed by atoms with Crippen LogP contribution in [-0.2, 0) is 0 Å². The topological polar surface area (TPSA) is 0 Å². The Morgan fingerprint density at radius 2 is 1.19 bits per heavy atom. The van der Waals surface area contributed by atoms with Crippen LogP contribution in [0.5, 0.6) is 0 Å². The average Bonchev–Trinajstić information content (AvgIpc) is 2.31. The second kappa shape index (κ2) is 15.4.